The lowest BCUT2D eigenvalue weighted by Gasteiger charge is -2.34. The lowest BCUT2D eigenvalue weighted by atomic mass is 9.95. The van der Waals surface area contributed by atoms with Gasteiger partial charge in [0.05, 0.1) is 0 Å². The number of nitrogens with zero attached hydrogens (tertiary/aromatic N) is 1. The second-order valence-electron chi connectivity index (χ2n) is 5.49. The first-order chi connectivity index (χ1) is 9.97. The molecule has 6 heteroatoms. The van der Waals surface area contributed by atoms with Crippen LogP contribution in [0.4, 0.5) is 20.2 Å². The van der Waals surface area contributed by atoms with E-state index >= 15 is 0 Å². The van der Waals surface area contributed by atoms with Crippen molar-refractivity contribution in [3.05, 3.63) is 23.8 Å². The normalized spacial score (nSPS) is 16.3. The van der Waals surface area contributed by atoms with Crippen molar-refractivity contribution in [3.63, 3.8) is 0 Å². The van der Waals surface area contributed by atoms with Gasteiger partial charge in [-0.25, -0.2) is 8.78 Å². The lowest BCUT2D eigenvalue weighted by molar-refractivity contribution is -0.119. The maximum absolute atomic E-state index is 13.1. The molecule has 1 saturated heterocycles. The van der Waals surface area contributed by atoms with Gasteiger partial charge in [0.2, 0.25) is 5.91 Å². The van der Waals surface area contributed by atoms with Crippen LogP contribution in [0.5, 0.6) is 0 Å². The molecule has 0 aliphatic carbocycles. The first kappa shape index (κ1) is 15.5. The summed E-state index contributed by atoms with van der Waals surface area (Å²) in [6.07, 6.45) is -0.763. The second kappa shape index (κ2) is 6.74. The summed E-state index contributed by atoms with van der Waals surface area (Å²) in [6.45, 7) is 3.59. The van der Waals surface area contributed by atoms with Gasteiger partial charge in [0, 0.05) is 43.5 Å². The zero-order valence-corrected chi connectivity index (χ0v) is 12.1. The Balaban J connectivity index is 2.00. The van der Waals surface area contributed by atoms with Gasteiger partial charge in [0.1, 0.15) is 0 Å². The summed E-state index contributed by atoms with van der Waals surface area (Å²) in [7, 11) is 0. The van der Waals surface area contributed by atoms with Crippen molar-refractivity contribution in [3.8, 4) is 0 Å². The molecule has 0 radical (unpaired) electrons. The number of rotatable bonds is 4. The van der Waals surface area contributed by atoms with E-state index in [1.165, 1.54) is 13.0 Å². The standard InChI is InChI=1S/C15H21F2N3O/c1-10(21)19-9-11-4-6-20(7-5-11)14-3-2-12(18)8-13(14)15(16)17/h2-3,8,11,15H,4-7,9,18H2,1H3,(H,19,21). The number of carbonyl (C=O) groups is 1. The van der Waals surface area contributed by atoms with Crippen LogP contribution >= 0.6 is 0 Å². The molecule has 3 N–H and O–H groups in total. The summed E-state index contributed by atoms with van der Waals surface area (Å²) in [4.78, 5) is 12.9. The molecule has 1 aromatic carbocycles. The van der Waals surface area contributed by atoms with Gasteiger partial charge in [-0.3, -0.25) is 4.79 Å². The first-order valence-electron chi connectivity index (χ1n) is 7.14. The van der Waals surface area contributed by atoms with Gasteiger partial charge in [-0.15, -0.1) is 0 Å². The minimum Gasteiger partial charge on any atom is -0.399 e. The zero-order valence-electron chi connectivity index (χ0n) is 12.1. The van der Waals surface area contributed by atoms with Crippen molar-refractivity contribution in [1.29, 1.82) is 0 Å². The molecule has 1 aliphatic rings. The summed E-state index contributed by atoms with van der Waals surface area (Å²) in [6, 6.07) is 4.68. The fourth-order valence-corrected chi connectivity index (χ4v) is 2.70. The number of benzene rings is 1. The Kier molecular flexibility index (Phi) is 4.98. The number of amides is 1. The van der Waals surface area contributed by atoms with Crippen molar-refractivity contribution in [2.75, 3.05) is 30.3 Å². The van der Waals surface area contributed by atoms with Gasteiger partial charge in [-0.1, -0.05) is 0 Å². The minimum absolute atomic E-state index is 0.00434. The number of hydrogen-bond donors (Lipinski definition) is 2. The quantitative estimate of drug-likeness (QED) is 0.840. The van der Waals surface area contributed by atoms with Gasteiger partial charge < -0.3 is 16.0 Å². The third-order valence-corrected chi connectivity index (χ3v) is 3.88. The Labute approximate surface area is 123 Å². The Morgan fingerprint density at radius 1 is 1.43 bits per heavy atom. The van der Waals surface area contributed by atoms with Gasteiger partial charge in [0.25, 0.3) is 6.43 Å². The molecule has 0 spiro atoms. The molecule has 1 aromatic rings. The Bertz CT molecular complexity index is 500. The number of piperidine rings is 1. The molecular formula is C15H21F2N3O. The average Bonchev–Trinajstić information content (AvgIpc) is 2.45. The smallest absolute Gasteiger partial charge is 0.265 e. The Morgan fingerprint density at radius 2 is 2.10 bits per heavy atom. The van der Waals surface area contributed by atoms with E-state index in [2.05, 4.69) is 5.32 Å². The molecule has 1 fully saturated rings. The van der Waals surface area contributed by atoms with E-state index in [4.69, 9.17) is 5.73 Å². The number of halogens is 2. The number of nitrogens with two attached hydrogens (primary N) is 1. The molecule has 2 rings (SSSR count). The summed E-state index contributed by atoms with van der Waals surface area (Å²) >= 11 is 0. The van der Waals surface area contributed by atoms with Gasteiger partial charge in [-0.05, 0) is 37.0 Å². The monoisotopic (exact) mass is 297 g/mol. The Morgan fingerprint density at radius 3 is 2.67 bits per heavy atom. The summed E-state index contributed by atoms with van der Waals surface area (Å²) in [5.41, 5.74) is 6.51. The molecular weight excluding hydrogens is 276 g/mol. The third-order valence-electron chi connectivity index (χ3n) is 3.88. The van der Waals surface area contributed by atoms with Gasteiger partial charge in [0.15, 0.2) is 0 Å². The molecule has 1 heterocycles. The topological polar surface area (TPSA) is 58.4 Å². The molecule has 4 nitrogen and oxygen atoms in total. The van der Waals surface area contributed by atoms with Crippen LogP contribution in [-0.2, 0) is 4.79 Å². The highest BCUT2D eigenvalue weighted by Crippen LogP contribution is 2.33. The first-order valence-corrected chi connectivity index (χ1v) is 7.14. The average molecular weight is 297 g/mol. The van der Waals surface area contributed by atoms with Crippen molar-refractivity contribution in [1.82, 2.24) is 5.32 Å². The summed E-state index contributed by atoms with van der Waals surface area (Å²) < 4.78 is 26.2. The molecule has 21 heavy (non-hydrogen) atoms. The van der Waals surface area contributed by atoms with E-state index in [1.54, 1.807) is 12.1 Å². The van der Waals surface area contributed by atoms with Crippen LogP contribution in [0.1, 0.15) is 31.8 Å². The fourth-order valence-electron chi connectivity index (χ4n) is 2.70. The third kappa shape index (κ3) is 4.06. The number of carbonyl (C=O) groups excluding carboxylic acids is 1. The van der Waals surface area contributed by atoms with E-state index in [-0.39, 0.29) is 11.5 Å². The SMILES string of the molecule is CC(=O)NCC1CCN(c2ccc(N)cc2C(F)F)CC1. The van der Waals surface area contributed by atoms with E-state index < -0.39 is 6.43 Å². The predicted molar refractivity (Wildman–Crippen MR) is 79.4 cm³/mol. The highest BCUT2D eigenvalue weighted by Gasteiger charge is 2.23. The van der Waals surface area contributed by atoms with E-state index in [0.29, 0.717) is 36.9 Å². The highest BCUT2D eigenvalue weighted by molar-refractivity contribution is 5.72. The van der Waals surface area contributed by atoms with Crippen molar-refractivity contribution in [2.45, 2.75) is 26.2 Å². The molecule has 1 amide bonds. The second-order valence-corrected chi connectivity index (χ2v) is 5.49. The van der Waals surface area contributed by atoms with Crippen LogP contribution in [-0.4, -0.2) is 25.5 Å². The van der Waals surface area contributed by atoms with Crippen molar-refractivity contribution >= 4 is 17.3 Å². The maximum atomic E-state index is 13.1. The summed E-state index contributed by atoms with van der Waals surface area (Å²) in [5, 5.41) is 2.81. The van der Waals surface area contributed by atoms with Gasteiger partial charge in [-0.2, -0.15) is 0 Å². The van der Waals surface area contributed by atoms with Crippen LogP contribution in [0.25, 0.3) is 0 Å². The summed E-state index contributed by atoms with van der Waals surface area (Å²) in [5.74, 6) is 0.380. The molecule has 0 aromatic heterocycles. The van der Waals surface area contributed by atoms with E-state index in [9.17, 15) is 13.6 Å². The van der Waals surface area contributed by atoms with Crippen molar-refractivity contribution in [2.24, 2.45) is 5.92 Å². The number of hydrogen-bond acceptors (Lipinski definition) is 3. The number of nitrogens with one attached hydrogen (secondary N) is 1. The number of alkyl halides is 2. The number of nitrogen functional groups attached to an aromatic ring is 1. The van der Waals surface area contributed by atoms with Crippen LogP contribution in [0.15, 0.2) is 18.2 Å². The fraction of sp³-hybridized carbons (Fsp3) is 0.533. The van der Waals surface area contributed by atoms with Crippen LogP contribution in [0.3, 0.4) is 0 Å². The van der Waals surface area contributed by atoms with E-state index in [1.807, 2.05) is 4.90 Å². The molecule has 0 saturated carbocycles. The molecule has 0 unspecified atom stereocenters. The zero-order chi connectivity index (χ0) is 15.4. The molecule has 0 atom stereocenters. The Hall–Kier alpha value is -1.85. The number of anilines is 2. The molecule has 116 valence electrons. The minimum atomic E-state index is -2.53. The van der Waals surface area contributed by atoms with Crippen molar-refractivity contribution < 1.29 is 13.6 Å². The van der Waals surface area contributed by atoms with E-state index in [0.717, 1.165) is 12.8 Å². The largest absolute Gasteiger partial charge is 0.399 e. The predicted octanol–water partition coefficient (Wildman–Crippen LogP) is 2.56. The molecule has 0 bridgehead atoms. The maximum Gasteiger partial charge on any atom is 0.265 e. The van der Waals surface area contributed by atoms with Crippen LogP contribution in [0, 0.1) is 5.92 Å². The highest BCUT2D eigenvalue weighted by atomic mass is 19.3. The lowest BCUT2D eigenvalue weighted by Crippen LogP contribution is -2.38. The van der Waals surface area contributed by atoms with Gasteiger partial charge >= 0.3 is 0 Å². The van der Waals surface area contributed by atoms with Crippen LogP contribution in [0.2, 0.25) is 0 Å². The van der Waals surface area contributed by atoms with Crippen LogP contribution < -0.4 is 16.0 Å². The molecule has 1 aliphatic heterocycles.